The van der Waals surface area contributed by atoms with Gasteiger partial charge in [-0.25, -0.2) is 4.52 Å². The normalized spacial score (nSPS) is 15.2. The van der Waals surface area contributed by atoms with Crippen LogP contribution in [0.5, 0.6) is 5.75 Å². The Morgan fingerprint density at radius 3 is 2.70 bits per heavy atom. The predicted octanol–water partition coefficient (Wildman–Crippen LogP) is 2.53. The van der Waals surface area contributed by atoms with E-state index >= 15 is 0 Å². The molecule has 0 aliphatic carbocycles. The van der Waals surface area contributed by atoms with E-state index in [1.807, 2.05) is 30.3 Å². The summed E-state index contributed by atoms with van der Waals surface area (Å²) in [7, 11) is 3.72. The number of likely N-dealkylation sites (tertiary alicyclic amines) is 1. The monoisotopic (exact) mass is 445 g/mol. The fourth-order valence-corrected chi connectivity index (χ4v) is 4.50. The summed E-state index contributed by atoms with van der Waals surface area (Å²) in [5, 5.41) is 7.50. The third-order valence-electron chi connectivity index (χ3n) is 6.39. The minimum Gasteiger partial charge on any atom is -0.497 e. The number of hydrogen-bond acceptors (Lipinski definition) is 5. The third-order valence-corrected chi connectivity index (χ3v) is 6.39. The highest BCUT2D eigenvalue weighted by atomic mass is 16.5. The van der Waals surface area contributed by atoms with E-state index in [1.54, 1.807) is 40.6 Å². The molecule has 8 nitrogen and oxygen atoms in total. The topological polar surface area (TPSA) is 80.9 Å². The molecule has 3 heterocycles. The molecule has 5 rings (SSSR count). The van der Waals surface area contributed by atoms with Crippen LogP contribution in [0.1, 0.15) is 28.8 Å². The maximum absolute atomic E-state index is 13.4. The molecule has 1 aliphatic heterocycles. The summed E-state index contributed by atoms with van der Waals surface area (Å²) in [4.78, 5) is 28.7. The van der Waals surface area contributed by atoms with E-state index in [4.69, 9.17) is 4.74 Å². The van der Waals surface area contributed by atoms with E-state index in [2.05, 4.69) is 22.4 Å². The van der Waals surface area contributed by atoms with Crippen molar-refractivity contribution in [3.63, 3.8) is 0 Å². The number of benzene rings is 2. The number of methoxy groups -OCH3 is 1. The number of carbonyl (C=O) groups excluding carboxylic acids is 1. The molecule has 0 saturated carbocycles. The number of carbonyl (C=O) groups is 1. The summed E-state index contributed by atoms with van der Waals surface area (Å²) in [6.07, 6.45) is 3.49. The molecule has 0 spiro atoms. The molecule has 1 saturated heterocycles. The Bertz CT molecular complexity index is 1380. The second-order valence-corrected chi connectivity index (χ2v) is 8.63. The first-order valence-electron chi connectivity index (χ1n) is 11.2. The van der Waals surface area contributed by atoms with Crippen LogP contribution in [0.3, 0.4) is 0 Å². The molecule has 4 aromatic rings. The Labute approximate surface area is 191 Å². The first kappa shape index (κ1) is 21.2. The summed E-state index contributed by atoms with van der Waals surface area (Å²) in [5.74, 6) is 0.612. The zero-order valence-corrected chi connectivity index (χ0v) is 18.8. The minimum absolute atomic E-state index is 0.118. The van der Waals surface area contributed by atoms with E-state index in [9.17, 15) is 9.59 Å². The van der Waals surface area contributed by atoms with Gasteiger partial charge in [0, 0.05) is 11.6 Å². The van der Waals surface area contributed by atoms with Crippen LogP contribution in [0, 0.1) is 0 Å². The molecule has 33 heavy (non-hydrogen) atoms. The first-order valence-corrected chi connectivity index (χ1v) is 11.2. The van der Waals surface area contributed by atoms with Gasteiger partial charge in [-0.1, -0.05) is 12.1 Å². The Morgan fingerprint density at radius 2 is 1.91 bits per heavy atom. The van der Waals surface area contributed by atoms with Crippen molar-refractivity contribution in [2.24, 2.45) is 0 Å². The summed E-state index contributed by atoms with van der Waals surface area (Å²) in [6, 6.07) is 15.0. The molecule has 2 aromatic heterocycles. The summed E-state index contributed by atoms with van der Waals surface area (Å²) >= 11 is 0. The van der Waals surface area contributed by atoms with Crippen molar-refractivity contribution in [3.8, 4) is 5.75 Å². The Kier molecular flexibility index (Phi) is 5.60. The maximum Gasteiger partial charge on any atom is 0.277 e. The molecular weight excluding hydrogens is 418 g/mol. The molecule has 1 N–H and O–H groups in total. The van der Waals surface area contributed by atoms with Crippen LogP contribution in [-0.4, -0.2) is 58.3 Å². The van der Waals surface area contributed by atoms with E-state index in [-0.39, 0.29) is 17.5 Å². The van der Waals surface area contributed by atoms with Crippen LogP contribution in [0.15, 0.2) is 59.5 Å². The highest BCUT2D eigenvalue weighted by Gasteiger charge is 2.20. The van der Waals surface area contributed by atoms with Crippen LogP contribution < -0.4 is 15.6 Å². The van der Waals surface area contributed by atoms with Gasteiger partial charge in [-0.05, 0) is 74.9 Å². The Hall–Kier alpha value is -3.65. The molecule has 0 unspecified atom stereocenters. The van der Waals surface area contributed by atoms with Crippen molar-refractivity contribution in [2.75, 3.05) is 27.2 Å². The van der Waals surface area contributed by atoms with Gasteiger partial charge in [-0.3, -0.25) is 9.59 Å². The molecule has 0 bridgehead atoms. The van der Waals surface area contributed by atoms with Crippen molar-refractivity contribution in [2.45, 2.75) is 25.4 Å². The number of fused-ring (bicyclic) bond motifs is 3. The first-order chi connectivity index (χ1) is 16.0. The number of ether oxygens (including phenoxy) is 1. The van der Waals surface area contributed by atoms with Crippen molar-refractivity contribution < 1.29 is 9.53 Å². The number of aromatic nitrogens is 3. The SMILES string of the molecule is COc1cccc(Cn2c(=O)c3ccnn3c3ccc(C(=O)NC4CCN(C)CC4)cc32)c1. The summed E-state index contributed by atoms with van der Waals surface area (Å²) < 4.78 is 8.68. The quantitative estimate of drug-likeness (QED) is 0.511. The van der Waals surface area contributed by atoms with Crippen LogP contribution in [0.4, 0.5) is 0 Å². The van der Waals surface area contributed by atoms with Gasteiger partial charge >= 0.3 is 0 Å². The zero-order valence-electron chi connectivity index (χ0n) is 18.8. The molecule has 1 amide bonds. The van der Waals surface area contributed by atoms with Crippen molar-refractivity contribution >= 4 is 22.5 Å². The van der Waals surface area contributed by atoms with E-state index in [0.717, 1.165) is 42.8 Å². The zero-order chi connectivity index (χ0) is 22.9. The van der Waals surface area contributed by atoms with Crippen LogP contribution in [-0.2, 0) is 6.54 Å². The van der Waals surface area contributed by atoms with Gasteiger partial charge in [0.1, 0.15) is 11.3 Å². The fourth-order valence-electron chi connectivity index (χ4n) is 4.50. The van der Waals surface area contributed by atoms with Crippen molar-refractivity contribution in [1.82, 2.24) is 24.4 Å². The molecule has 1 fully saturated rings. The number of amides is 1. The number of nitrogens with zero attached hydrogens (tertiary/aromatic N) is 4. The fraction of sp³-hybridized carbons (Fsp3) is 0.320. The van der Waals surface area contributed by atoms with Gasteiger partial charge in [0.15, 0.2) is 0 Å². The molecule has 1 aliphatic rings. The number of nitrogens with one attached hydrogen (secondary N) is 1. The van der Waals surface area contributed by atoms with Gasteiger partial charge in [-0.15, -0.1) is 0 Å². The van der Waals surface area contributed by atoms with Gasteiger partial charge < -0.3 is 19.5 Å². The third kappa shape index (κ3) is 4.09. The lowest BCUT2D eigenvalue weighted by Crippen LogP contribution is -2.43. The molecular formula is C25H27N5O3. The van der Waals surface area contributed by atoms with Crippen LogP contribution in [0.25, 0.3) is 16.6 Å². The van der Waals surface area contributed by atoms with Gasteiger partial charge in [0.05, 0.1) is 30.9 Å². The van der Waals surface area contributed by atoms with Crippen molar-refractivity contribution in [1.29, 1.82) is 0 Å². The van der Waals surface area contributed by atoms with Gasteiger partial charge in [0.25, 0.3) is 11.5 Å². The molecule has 2 aromatic carbocycles. The number of piperidine rings is 1. The molecule has 0 radical (unpaired) electrons. The van der Waals surface area contributed by atoms with E-state index < -0.39 is 0 Å². The lowest BCUT2D eigenvalue weighted by molar-refractivity contribution is 0.0917. The van der Waals surface area contributed by atoms with Crippen molar-refractivity contribution in [3.05, 3.63) is 76.2 Å². The number of rotatable bonds is 5. The average molecular weight is 446 g/mol. The molecule has 0 atom stereocenters. The Balaban J connectivity index is 1.56. The smallest absolute Gasteiger partial charge is 0.277 e. The predicted molar refractivity (Wildman–Crippen MR) is 127 cm³/mol. The maximum atomic E-state index is 13.4. The lowest BCUT2D eigenvalue weighted by Gasteiger charge is -2.29. The lowest BCUT2D eigenvalue weighted by atomic mass is 10.0. The summed E-state index contributed by atoms with van der Waals surface area (Å²) in [5.41, 5.74) is 3.24. The molecule has 170 valence electrons. The standard InChI is InChI=1S/C25H27N5O3/c1-28-12-9-19(10-13-28)27-24(31)18-6-7-21-23(15-18)29(25(32)22-8-11-26-30(21)22)16-17-4-3-5-20(14-17)33-2/h3-8,11,14-15,19H,9-10,12-13,16H2,1-2H3,(H,27,31). The highest BCUT2D eigenvalue weighted by Crippen LogP contribution is 2.20. The van der Waals surface area contributed by atoms with Gasteiger partial charge in [-0.2, -0.15) is 5.10 Å². The second-order valence-electron chi connectivity index (χ2n) is 8.63. The van der Waals surface area contributed by atoms with E-state index in [1.165, 1.54) is 0 Å². The Morgan fingerprint density at radius 1 is 1.09 bits per heavy atom. The summed E-state index contributed by atoms with van der Waals surface area (Å²) in [6.45, 7) is 2.30. The van der Waals surface area contributed by atoms with Crippen LogP contribution in [0.2, 0.25) is 0 Å². The number of hydrogen-bond donors (Lipinski definition) is 1. The van der Waals surface area contributed by atoms with Gasteiger partial charge in [0.2, 0.25) is 0 Å². The molecule has 8 heteroatoms. The second kappa shape index (κ2) is 8.71. The van der Waals surface area contributed by atoms with Crippen LogP contribution >= 0.6 is 0 Å². The average Bonchev–Trinajstić information content (AvgIpc) is 3.33. The largest absolute Gasteiger partial charge is 0.497 e. The minimum atomic E-state index is -0.157. The highest BCUT2D eigenvalue weighted by molar-refractivity contribution is 5.97. The van der Waals surface area contributed by atoms with E-state index in [0.29, 0.717) is 23.1 Å².